The molecule has 0 heterocycles. The van der Waals surface area contributed by atoms with Gasteiger partial charge in [-0.1, -0.05) is 0 Å². The zero-order valence-corrected chi connectivity index (χ0v) is 14.4. The van der Waals surface area contributed by atoms with Crippen molar-refractivity contribution in [3.8, 4) is 0 Å². The molecular formula is C14H27N5O6. The molecule has 0 aromatic heterocycles. The Morgan fingerprint density at radius 1 is 0.800 bits per heavy atom. The Hall–Kier alpha value is -1.92. The topological polar surface area (TPSA) is 161 Å². The van der Waals surface area contributed by atoms with E-state index in [1.54, 1.807) is 0 Å². The summed E-state index contributed by atoms with van der Waals surface area (Å²) in [4.78, 5) is 45.5. The summed E-state index contributed by atoms with van der Waals surface area (Å²) in [5, 5.41) is 7.38. The highest BCUT2D eigenvalue weighted by Gasteiger charge is 2.14. The molecule has 0 rings (SSSR count). The second-order valence-corrected chi connectivity index (χ2v) is 4.77. The largest absolute Gasteiger partial charge is 0.379 e. The highest BCUT2D eigenvalue weighted by atomic mass is 16.5. The summed E-state index contributed by atoms with van der Waals surface area (Å²) in [6.45, 7) is 3.20. The Labute approximate surface area is 146 Å². The summed E-state index contributed by atoms with van der Waals surface area (Å²) < 4.78 is 10.3. The number of hydrogen-bond acceptors (Lipinski definition) is 9. The molecule has 11 heteroatoms. The molecular weight excluding hydrogens is 334 g/mol. The molecule has 0 radical (unpaired) electrons. The second kappa shape index (κ2) is 15.6. The quantitative estimate of drug-likeness (QED) is 0.0811. The first-order valence-electron chi connectivity index (χ1n) is 7.90. The lowest BCUT2D eigenvalue weighted by Crippen LogP contribution is -2.43. The summed E-state index contributed by atoms with van der Waals surface area (Å²) in [5.74, 6) is 2.62. The minimum atomic E-state index is -0.763. The zero-order valence-electron chi connectivity index (χ0n) is 14.4. The lowest BCUT2D eigenvalue weighted by molar-refractivity contribution is -0.136. The maximum Gasteiger partial charge on any atom is 0.235 e. The van der Waals surface area contributed by atoms with Gasteiger partial charge < -0.3 is 25.4 Å². The van der Waals surface area contributed by atoms with Gasteiger partial charge in [-0.2, -0.15) is 0 Å². The van der Waals surface area contributed by atoms with Gasteiger partial charge in [0.2, 0.25) is 23.4 Å². The van der Waals surface area contributed by atoms with E-state index in [9.17, 15) is 19.2 Å². The van der Waals surface area contributed by atoms with Crippen LogP contribution in [-0.4, -0.2) is 82.5 Å². The van der Waals surface area contributed by atoms with Gasteiger partial charge in [-0.05, 0) is 6.92 Å². The van der Waals surface area contributed by atoms with Gasteiger partial charge in [0.15, 0.2) is 0 Å². The fraction of sp³-hybridized carbons (Fsp3) is 0.714. The SMILES string of the molecule is CCOCCOCCNC(=O)CNCC(=O)C(=O)CNC(=O)CNN. The minimum absolute atomic E-state index is 0.110. The van der Waals surface area contributed by atoms with Crippen molar-refractivity contribution in [3.63, 3.8) is 0 Å². The summed E-state index contributed by atoms with van der Waals surface area (Å²) in [7, 11) is 0. The van der Waals surface area contributed by atoms with Crippen molar-refractivity contribution in [1.29, 1.82) is 0 Å². The van der Waals surface area contributed by atoms with Gasteiger partial charge >= 0.3 is 0 Å². The van der Waals surface area contributed by atoms with Crippen LogP contribution in [0.5, 0.6) is 0 Å². The van der Waals surface area contributed by atoms with Crippen molar-refractivity contribution in [1.82, 2.24) is 21.4 Å². The van der Waals surface area contributed by atoms with E-state index >= 15 is 0 Å². The van der Waals surface area contributed by atoms with Gasteiger partial charge in [-0.15, -0.1) is 0 Å². The fourth-order valence-electron chi connectivity index (χ4n) is 1.51. The van der Waals surface area contributed by atoms with E-state index in [1.807, 2.05) is 6.92 Å². The molecule has 0 aromatic rings. The molecule has 0 bridgehead atoms. The number of rotatable bonds is 16. The summed E-state index contributed by atoms with van der Waals surface area (Å²) >= 11 is 0. The summed E-state index contributed by atoms with van der Waals surface area (Å²) in [6, 6.07) is 0. The Kier molecular flexibility index (Phi) is 14.4. The van der Waals surface area contributed by atoms with E-state index in [2.05, 4.69) is 21.4 Å². The second-order valence-electron chi connectivity index (χ2n) is 4.77. The first kappa shape index (κ1) is 23.1. The van der Waals surface area contributed by atoms with Gasteiger partial charge in [0.05, 0.1) is 46.0 Å². The number of Topliss-reactive ketones (excluding diaryl/α,β-unsaturated/α-hetero) is 2. The van der Waals surface area contributed by atoms with Gasteiger partial charge in [0.1, 0.15) is 0 Å². The molecule has 25 heavy (non-hydrogen) atoms. The number of hydrogen-bond donors (Lipinski definition) is 5. The van der Waals surface area contributed by atoms with Crippen LogP contribution in [0.2, 0.25) is 0 Å². The van der Waals surface area contributed by atoms with Crippen LogP contribution in [-0.2, 0) is 28.7 Å². The Morgan fingerprint density at radius 3 is 2.12 bits per heavy atom. The maximum atomic E-state index is 11.5. The molecule has 0 spiro atoms. The van der Waals surface area contributed by atoms with Crippen molar-refractivity contribution >= 4 is 23.4 Å². The number of nitrogens with two attached hydrogens (primary N) is 1. The first-order chi connectivity index (χ1) is 12.0. The third-order valence-corrected chi connectivity index (χ3v) is 2.74. The first-order valence-corrected chi connectivity index (χ1v) is 7.90. The molecule has 0 aliphatic carbocycles. The van der Waals surface area contributed by atoms with Crippen LogP contribution in [0.3, 0.4) is 0 Å². The molecule has 144 valence electrons. The molecule has 0 saturated heterocycles. The number of carbonyl (C=O) groups is 4. The van der Waals surface area contributed by atoms with Crippen molar-refractivity contribution in [2.24, 2.45) is 5.84 Å². The van der Waals surface area contributed by atoms with Crippen LogP contribution in [0, 0.1) is 0 Å². The molecule has 0 fully saturated rings. The molecule has 0 unspecified atom stereocenters. The normalized spacial score (nSPS) is 10.3. The van der Waals surface area contributed by atoms with Gasteiger partial charge in [0.25, 0.3) is 0 Å². The van der Waals surface area contributed by atoms with Crippen molar-refractivity contribution in [3.05, 3.63) is 0 Å². The number of amides is 2. The number of nitrogens with one attached hydrogen (secondary N) is 4. The lowest BCUT2D eigenvalue weighted by Gasteiger charge is -2.07. The summed E-state index contributed by atoms with van der Waals surface area (Å²) in [6.07, 6.45) is 0. The van der Waals surface area contributed by atoms with Crippen LogP contribution in [0.15, 0.2) is 0 Å². The maximum absolute atomic E-state index is 11.5. The minimum Gasteiger partial charge on any atom is -0.379 e. The molecule has 0 saturated carbocycles. The standard InChI is InChI=1S/C14H27N5O6/c1-2-24-5-6-25-4-3-17-13(22)9-16-7-11(20)12(21)8-18-14(23)10-19-15/h16,19H,2-10,15H2,1H3,(H,17,22)(H,18,23). The lowest BCUT2D eigenvalue weighted by atomic mass is 10.2. The van der Waals surface area contributed by atoms with E-state index in [0.717, 1.165) is 0 Å². The van der Waals surface area contributed by atoms with Crippen LogP contribution >= 0.6 is 0 Å². The van der Waals surface area contributed by atoms with Gasteiger partial charge in [-0.3, -0.25) is 30.4 Å². The third kappa shape index (κ3) is 14.2. The zero-order chi connectivity index (χ0) is 18.9. The van der Waals surface area contributed by atoms with Gasteiger partial charge in [0, 0.05) is 13.2 Å². The van der Waals surface area contributed by atoms with Crippen molar-refractivity contribution in [2.75, 3.05) is 59.2 Å². The fourth-order valence-corrected chi connectivity index (χ4v) is 1.51. The van der Waals surface area contributed by atoms with Crippen molar-refractivity contribution in [2.45, 2.75) is 6.92 Å². The predicted molar refractivity (Wildman–Crippen MR) is 88.4 cm³/mol. The van der Waals surface area contributed by atoms with Crippen molar-refractivity contribution < 1.29 is 28.7 Å². The highest BCUT2D eigenvalue weighted by molar-refractivity contribution is 6.39. The third-order valence-electron chi connectivity index (χ3n) is 2.74. The molecule has 6 N–H and O–H groups in total. The molecule has 0 aliphatic heterocycles. The van der Waals surface area contributed by atoms with Crippen LogP contribution < -0.4 is 27.2 Å². The molecule has 2 amide bonds. The Morgan fingerprint density at radius 2 is 1.44 bits per heavy atom. The highest BCUT2D eigenvalue weighted by Crippen LogP contribution is 1.78. The average molecular weight is 361 g/mol. The number of ketones is 2. The van der Waals surface area contributed by atoms with Crippen LogP contribution in [0.25, 0.3) is 0 Å². The predicted octanol–water partition coefficient (Wildman–Crippen LogP) is -3.54. The van der Waals surface area contributed by atoms with Crippen LogP contribution in [0.1, 0.15) is 6.92 Å². The molecule has 0 aromatic carbocycles. The van der Waals surface area contributed by atoms with E-state index in [1.165, 1.54) is 0 Å². The average Bonchev–Trinajstić information content (AvgIpc) is 2.59. The van der Waals surface area contributed by atoms with E-state index in [0.29, 0.717) is 33.0 Å². The number of carbonyl (C=O) groups excluding carboxylic acids is 4. The smallest absolute Gasteiger partial charge is 0.235 e. The van der Waals surface area contributed by atoms with E-state index < -0.39 is 24.0 Å². The monoisotopic (exact) mass is 361 g/mol. The molecule has 0 atom stereocenters. The van der Waals surface area contributed by atoms with Crippen LogP contribution in [0.4, 0.5) is 0 Å². The van der Waals surface area contributed by atoms with E-state index in [-0.39, 0.29) is 25.5 Å². The molecule has 11 nitrogen and oxygen atoms in total. The summed E-state index contributed by atoms with van der Waals surface area (Å²) in [5.41, 5.74) is 2.12. The molecule has 0 aliphatic rings. The van der Waals surface area contributed by atoms with E-state index in [4.69, 9.17) is 15.3 Å². The number of hydrazine groups is 1. The Balaban J connectivity index is 3.63. The number of ether oxygens (including phenoxy) is 2. The van der Waals surface area contributed by atoms with Gasteiger partial charge in [-0.25, -0.2) is 0 Å². The Bertz CT molecular complexity index is 432.